The van der Waals surface area contributed by atoms with Gasteiger partial charge in [0.25, 0.3) is 0 Å². The molecule has 1 aromatic heterocycles. The highest BCUT2D eigenvalue weighted by Crippen LogP contribution is 2.31. The fraction of sp³-hybridized carbons (Fsp3) is 0.182. The number of halogens is 5. The van der Waals surface area contributed by atoms with Gasteiger partial charge in [0, 0.05) is 10.6 Å². The van der Waals surface area contributed by atoms with Gasteiger partial charge in [-0.1, -0.05) is 16.8 Å². The summed E-state index contributed by atoms with van der Waals surface area (Å²) < 4.78 is 52.5. The summed E-state index contributed by atoms with van der Waals surface area (Å²) in [6.45, 7) is -0.651. The Morgan fingerprint density at radius 1 is 1.38 bits per heavy atom. The molecule has 0 aliphatic heterocycles. The lowest BCUT2D eigenvalue weighted by atomic mass is 10.2. The minimum Gasteiger partial charge on any atom is -0.476 e. The zero-order valence-electron chi connectivity index (χ0n) is 10.0. The fourth-order valence-corrected chi connectivity index (χ4v) is 1.87. The first-order valence-corrected chi connectivity index (χ1v) is 5.76. The Balaban J connectivity index is 2.50. The van der Waals surface area contributed by atoms with Crippen molar-refractivity contribution >= 4 is 17.6 Å². The number of carboxylic acid groups (broad SMARTS) is 1. The molecular weight excluding hydrogens is 318 g/mol. The largest absolute Gasteiger partial charge is 0.476 e. The van der Waals surface area contributed by atoms with E-state index in [-0.39, 0.29) is 15.3 Å². The second-order valence-corrected chi connectivity index (χ2v) is 4.42. The van der Waals surface area contributed by atoms with Crippen LogP contribution < -0.4 is 0 Å². The van der Waals surface area contributed by atoms with Crippen LogP contribution in [0.3, 0.4) is 0 Å². The molecule has 0 fully saturated rings. The van der Waals surface area contributed by atoms with E-state index in [0.717, 1.165) is 12.1 Å². The van der Waals surface area contributed by atoms with Crippen LogP contribution in [0.4, 0.5) is 17.6 Å². The van der Waals surface area contributed by atoms with Gasteiger partial charge in [0.1, 0.15) is 5.82 Å². The second kappa shape index (κ2) is 5.32. The van der Waals surface area contributed by atoms with Crippen molar-refractivity contribution in [1.29, 1.82) is 0 Å². The van der Waals surface area contributed by atoms with Gasteiger partial charge in [-0.15, -0.1) is 5.10 Å². The van der Waals surface area contributed by atoms with Crippen LogP contribution in [0.2, 0.25) is 5.02 Å². The standard InChI is InChI=1S/C11H6ClF4N3O2/c12-6-1-2-7(13)5(3-6)4-19-9(11(14,15)16)8(10(20)21)17-18-19/h1-3H,4H2,(H,20,21). The number of alkyl halides is 3. The Morgan fingerprint density at radius 2 is 2.05 bits per heavy atom. The lowest BCUT2D eigenvalue weighted by Crippen LogP contribution is -2.19. The number of nitrogens with zero attached hydrogens (tertiary/aromatic N) is 3. The molecule has 0 radical (unpaired) electrons. The van der Waals surface area contributed by atoms with Crippen LogP contribution in [0.15, 0.2) is 18.2 Å². The number of carbonyl (C=O) groups is 1. The van der Waals surface area contributed by atoms with Crippen LogP contribution in [0, 0.1) is 5.82 Å². The zero-order chi connectivity index (χ0) is 15.8. The van der Waals surface area contributed by atoms with Crippen molar-refractivity contribution in [3.8, 4) is 0 Å². The minimum atomic E-state index is -4.99. The van der Waals surface area contributed by atoms with Gasteiger partial charge in [-0.25, -0.2) is 13.9 Å². The zero-order valence-corrected chi connectivity index (χ0v) is 10.8. The summed E-state index contributed by atoms with van der Waals surface area (Å²) >= 11 is 5.64. The van der Waals surface area contributed by atoms with E-state index in [1.807, 2.05) is 0 Å². The third kappa shape index (κ3) is 3.13. The molecule has 2 rings (SSSR count). The SMILES string of the molecule is O=C(O)c1nnn(Cc2cc(Cl)ccc2F)c1C(F)(F)F. The molecule has 0 amide bonds. The molecule has 0 aliphatic rings. The number of hydrogen-bond acceptors (Lipinski definition) is 3. The molecule has 0 unspecified atom stereocenters. The monoisotopic (exact) mass is 323 g/mol. The van der Waals surface area contributed by atoms with Crippen LogP contribution in [-0.4, -0.2) is 26.1 Å². The number of carboxylic acids is 1. The van der Waals surface area contributed by atoms with Crippen molar-refractivity contribution in [2.24, 2.45) is 0 Å². The van der Waals surface area contributed by atoms with Gasteiger partial charge >= 0.3 is 12.1 Å². The van der Waals surface area contributed by atoms with Crippen LogP contribution in [-0.2, 0) is 12.7 Å². The quantitative estimate of drug-likeness (QED) is 0.882. The molecule has 1 heterocycles. The molecule has 5 nitrogen and oxygen atoms in total. The molecule has 0 atom stereocenters. The molecule has 112 valence electrons. The maximum absolute atomic E-state index is 13.5. The fourth-order valence-electron chi connectivity index (χ4n) is 1.67. The van der Waals surface area contributed by atoms with Crippen LogP contribution >= 0.6 is 11.6 Å². The summed E-state index contributed by atoms with van der Waals surface area (Å²) in [4.78, 5) is 10.7. The van der Waals surface area contributed by atoms with E-state index in [2.05, 4.69) is 10.3 Å². The number of hydrogen-bond donors (Lipinski definition) is 1. The van der Waals surface area contributed by atoms with E-state index in [0.29, 0.717) is 0 Å². The Morgan fingerprint density at radius 3 is 2.62 bits per heavy atom. The van der Waals surface area contributed by atoms with Gasteiger partial charge in [-0.3, -0.25) is 0 Å². The van der Waals surface area contributed by atoms with Gasteiger partial charge in [0.15, 0.2) is 5.69 Å². The van der Waals surface area contributed by atoms with E-state index in [4.69, 9.17) is 16.7 Å². The molecule has 10 heteroatoms. The smallest absolute Gasteiger partial charge is 0.435 e. The third-order valence-corrected chi connectivity index (χ3v) is 2.77. The summed E-state index contributed by atoms with van der Waals surface area (Å²) in [6.07, 6.45) is -4.99. The second-order valence-electron chi connectivity index (χ2n) is 3.98. The summed E-state index contributed by atoms with van der Waals surface area (Å²) in [5.41, 5.74) is -2.98. The lowest BCUT2D eigenvalue weighted by Gasteiger charge is -2.10. The molecule has 0 spiro atoms. The van der Waals surface area contributed by atoms with Crippen molar-refractivity contribution in [1.82, 2.24) is 15.0 Å². The number of rotatable bonds is 3. The lowest BCUT2D eigenvalue weighted by molar-refractivity contribution is -0.144. The van der Waals surface area contributed by atoms with Gasteiger partial charge < -0.3 is 5.11 Å². The predicted molar refractivity (Wildman–Crippen MR) is 62.5 cm³/mol. The molecule has 0 saturated carbocycles. The average molecular weight is 324 g/mol. The minimum absolute atomic E-state index is 0.124. The van der Waals surface area contributed by atoms with Crippen LogP contribution in [0.25, 0.3) is 0 Å². The highest BCUT2D eigenvalue weighted by atomic mass is 35.5. The van der Waals surface area contributed by atoms with E-state index in [9.17, 15) is 22.4 Å². The van der Waals surface area contributed by atoms with Crippen molar-refractivity contribution in [3.05, 3.63) is 46.0 Å². The number of aromatic nitrogens is 3. The highest BCUT2D eigenvalue weighted by molar-refractivity contribution is 6.30. The van der Waals surface area contributed by atoms with Crippen molar-refractivity contribution in [2.75, 3.05) is 0 Å². The maximum Gasteiger partial charge on any atom is 0.435 e. The van der Waals surface area contributed by atoms with Crippen LogP contribution in [0.1, 0.15) is 21.7 Å². The Kier molecular flexibility index (Phi) is 3.86. The first-order chi connectivity index (χ1) is 9.70. The van der Waals surface area contributed by atoms with Gasteiger partial charge in [-0.05, 0) is 18.2 Å². The molecule has 2 aromatic rings. The maximum atomic E-state index is 13.5. The predicted octanol–water partition coefficient (Wildman–Crippen LogP) is 2.84. The molecule has 0 aliphatic carbocycles. The first kappa shape index (κ1) is 15.2. The average Bonchev–Trinajstić information content (AvgIpc) is 2.77. The molecule has 0 saturated heterocycles. The van der Waals surface area contributed by atoms with E-state index < -0.39 is 35.9 Å². The molecule has 21 heavy (non-hydrogen) atoms. The molecule has 0 bridgehead atoms. The molecular formula is C11H6ClF4N3O2. The number of benzene rings is 1. The number of aromatic carboxylic acids is 1. The third-order valence-electron chi connectivity index (χ3n) is 2.53. The van der Waals surface area contributed by atoms with Gasteiger partial charge in [-0.2, -0.15) is 13.2 Å². The van der Waals surface area contributed by atoms with Gasteiger partial charge in [0.05, 0.1) is 6.54 Å². The van der Waals surface area contributed by atoms with E-state index >= 15 is 0 Å². The summed E-state index contributed by atoms with van der Waals surface area (Å²) in [7, 11) is 0. The van der Waals surface area contributed by atoms with Crippen molar-refractivity contribution in [3.63, 3.8) is 0 Å². The van der Waals surface area contributed by atoms with Crippen molar-refractivity contribution in [2.45, 2.75) is 12.7 Å². The summed E-state index contributed by atoms with van der Waals surface area (Å²) in [5, 5.41) is 14.9. The Bertz CT molecular complexity index is 699. The first-order valence-electron chi connectivity index (χ1n) is 5.38. The summed E-state index contributed by atoms with van der Waals surface area (Å²) in [6, 6.07) is 3.34. The Hall–Kier alpha value is -2.16. The van der Waals surface area contributed by atoms with E-state index in [1.54, 1.807) is 0 Å². The van der Waals surface area contributed by atoms with Crippen LogP contribution in [0.5, 0.6) is 0 Å². The highest BCUT2D eigenvalue weighted by Gasteiger charge is 2.41. The summed E-state index contributed by atoms with van der Waals surface area (Å²) in [5.74, 6) is -2.67. The van der Waals surface area contributed by atoms with Crippen molar-refractivity contribution < 1.29 is 27.5 Å². The van der Waals surface area contributed by atoms with Gasteiger partial charge in [0.2, 0.25) is 5.69 Å². The van der Waals surface area contributed by atoms with E-state index in [1.165, 1.54) is 6.07 Å². The topological polar surface area (TPSA) is 68.0 Å². The normalized spacial score (nSPS) is 11.7. The molecule has 1 N–H and O–H groups in total. The molecule has 1 aromatic carbocycles. The Labute approximate surface area is 119 Å².